The molecule has 1 amide bonds. The molecule has 41 heavy (non-hydrogen) atoms. The van der Waals surface area contributed by atoms with Crippen molar-refractivity contribution in [3.63, 3.8) is 0 Å². The highest BCUT2D eigenvalue weighted by Crippen LogP contribution is 2.35. The Labute approximate surface area is 238 Å². The molecule has 0 aliphatic carbocycles. The largest absolute Gasteiger partial charge is 0.433 e. The summed E-state index contributed by atoms with van der Waals surface area (Å²) in [5.41, 5.74) is 1.36. The third-order valence-corrected chi connectivity index (χ3v) is 9.43. The molecular weight excluding hydrogens is 552 g/mol. The summed E-state index contributed by atoms with van der Waals surface area (Å²) < 4.78 is 65.9. The van der Waals surface area contributed by atoms with E-state index in [1.54, 1.807) is 40.7 Å². The van der Waals surface area contributed by atoms with E-state index in [4.69, 9.17) is 4.74 Å². The van der Waals surface area contributed by atoms with Gasteiger partial charge in [0, 0.05) is 19.6 Å². The number of benzene rings is 3. The van der Waals surface area contributed by atoms with Gasteiger partial charge >= 0.3 is 6.61 Å². The molecule has 3 aromatic carbocycles. The van der Waals surface area contributed by atoms with Gasteiger partial charge in [-0.25, -0.2) is 8.42 Å². The summed E-state index contributed by atoms with van der Waals surface area (Å²) in [6.45, 7) is 0.137. The lowest BCUT2D eigenvalue weighted by atomic mass is 9.98. The SMILES string of the molecule is Cc1ccc(S(=O)(=O)N2C[C@@]3(CCN(CC(=O)Nc4ccccc4OC(F)F)C3)OC[C@@H]2Cc2ccccc2)cc1. The molecule has 0 bridgehead atoms. The smallest absolute Gasteiger partial charge is 0.387 e. The number of anilines is 1. The number of ether oxygens (including phenoxy) is 2. The predicted molar refractivity (Wildman–Crippen MR) is 150 cm³/mol. The Morgan fingerprint density at radius 2 is 1.76 bits per heavy atom. The molecule has 218 valence electrons. The normalized spacial score (nSPS) is 21.8. The number of sulfonamides is 1. The van der Waals surface area contributed by atoms with Crippen LogP contribution in [-0.2, 0) is 26.0 Å². The highest BCUT2D eigenvalue weighted by atomic mass is 32.2. The molecule has 2 atom stereocenters. The molecule has 1 spiro atoms. The number of hydrogen-bond acceptors (Lipinski definition) is 6. The van der Waals surface area contributed by atoms with E-state index >= 15 is 0 Å². The Morgan fingerprint density at radius 1 is 1.05 bits per heavy atom. The second-order valence-electron chi connectivity index (χ2n) is 10.6. The van der Waals surface area contributed by atoms with Crippen molar-refractivity contribution in [1.29, 1.82) is 0 Å². The third kappa shape index (κ3) is 6.92. The molecule has 0 aromatic heterocycles. The lowest BCUT2D eigenvalue weighted by molar-refractivity contribution is -0.119. The summed E-state index contributed by atoms with van der Waals surface area (Å²) >= 11 is 0. The van der Waals surface area contributed by atoms with Gasteiger partial charge in [0.15, 0.2) is 0 Å². The van der Waals surface area contributed by atoms with Gasteiger partial charge in [0.05, 0.1) is 35.4 Å². The fourth-order valence-corrected chi connectivity index (χ4v) is 7.14. The number of alkyl halides is 2. The Kier molecular flexibility index (Phi) is 8.69. The molecule has 0 radical (unpaired) electrons. The number of morpholine rings is 1. The van der Waals surface area contributed by atoms with Crippen LogP contribution in [0.25, 0.3) is 0 Å². The van der Waals surface area contributed by atoms with Crippen LogP contribution in [0.1, 0.15) is 17.5 Å². The van der Waals surface area contributed by atoms with Crippen molar-refractivity contribution in [3.8, 4) is 5.75 Å². The van der Waals surface area contributed by atoms with Crippen molar-refractivity contribution in [1.82, 2.24) is 9.21 Å². The summed E-state index contributed by atoms with van der Waals surface area (Å²) in [5, 5.41) is 2.64. The fraction of sp³-hybridized carbons (Fsp3) is 0.367. The van der Waals surface area contributed by atoms with Gasteiger partial charge in [0.25, 0.3) is 0 Å². The standard InChI is InChI=1S/C30H33F2N3O5S/c1-22-11-13-25(14-12-22)41(37,38)35-21-30(39-19-24(35)17-23-7-3-2-4-8-23)15-16-34(20-30)18-28(36)33-26-9-5-6-10-27(26)40-29(31)32/h2-14,24,29H,15-21H2,1H3,(H,33,36)/t24-,30-/m0/s1. The number of para-hydroxylation sites is 2. The quantitative estimate of drug-likeness (QED) is 0.403. The lowest BCUT2D eigenvalue weighted by Crippen LogP contribution is -2.59. The molecular formula is C30H33F2N3O5S. The Morgan fingerprint density at radius 3 is 2.49 bits per heavy atom. The molecule has 2 aliphatic heterocycles. The van der Waals surface area contributed by atoms with Crippen LogP contribution in [0.4, 0.5) is 14.5 Å². The van der Waals surface area contributed by atoms with E-state index in [1.807, 2.05) is 42.2 Å². The second-order valence-corrected chi connectivity index (χ2v) is 12.5. The fourth-order valence-electron chi connectivity index (χ4n) is 5.46. The van der Waals surface area contributed by atoms with Crippen LogP contribution in [0, 0.1) is 6.92 Å². The number of nitrogens with zero attached hydrogens (tertiary/aromatic N) is 2. The summed E-state index contributed by atoms with van der Waals surface area (Å²) in [4.78, 5) is 14.9. The van der Waals surface area contributed by atoms with Gasteiger partial charge < -0.3 is 14.8 Å². The molecule has 5 rings (SSSR count). The van der Waals surface area contributed by atoms with Gasteiger partial charge in [-0.15, -0.1) is 0 Å². The first-order valence-corrected chi connectivity index (χ1v) is 14.9. The number of nitrogens with one attached hydrogen (secondary N) is 1. The number of rotatable bonds is 9. The zero-order valence-electron chi connectivity index (χ0n) is 22.7. The zero-order chi connectivity index (χ0) is 29.0. The number of likely N-dealkylation sites (tertiary alicyclic amines) is 1. The predicted octanol–water partition coefficient (Wildman–Crippen LogP) is 4.31. The van der Waals surface area contributed by atoms with E-state index in [0.29, 0.717) is 25.9 Å². The summed E-state index contributed by atoms with van der Waals surface area (Å²) in [6.07, 6.45) is 1.05. The molecule has 2 saturated heterocycles. The van der Waals surface area contributed by atoms with E-state index in [0.717, 1.165) is 11.1 Å². The lowest BCUT2D eigenvalue weighted by Gasteiger charge is -2.44. The van der Waals surface area contributed by atoms with Crippen molar-refractivity contribution in [2.45, 2.75) is 42.9 Å². The van der Waals surface area contributed by atoms with Gasteiger partial charge in [-0.3, -0.25) is 9.69 Å². The summed E-state index contributed by atoms with van der Waals surface area (Å²) in [6, 6.07) is 22.2. The molecule has 2 heterocycles. The first-order chi connectivity index (χ1) is 19.6. The van der Waals surface area contributed by atoms with Crippen LogP contribution >= 0.6 is 0 Å². The maximum absolute atomic E-state index is 13.9. The minimum absolute atomic E-state index is 0.00766. The monoisotopic (exact) mass is 585 g/mol. The van der Waals surface area contributed by atoms with Crippen LogP contribution in [-0.4, -0.2) is 74.6 Å². The number of carbonyl (C=O) groups excluding carboxylic acids is 1. The highest BCUT2D eigenvalue weighted by Gasteiger charge is 2.49. The third-order valence-electron chi connectivity index (χ3n) is 7.51. The topological polar surface area (TPSA) is 88.2 Å². The molecule has 8 nitrogen and oxygen atoms in total. The molecule has 1 N–H and O–H groups in total. The molecule has 0 saturated carbocycles. The van der Waals surface area contributed by atoms with Crippen molar-refractivity contribution in [2.24, 2.45) is 0 Å². The number of amides is 1. The maximum atomic E-state index is 13.9. The van der Waals surface area contributed by atoms with E-state index in [9.17, 15) is 22.0 Å². The van der Waals surface area contributed by atoms with Crippen LogP contribution in [0.2, 0.25) is 0 Å². The number of carbonyl (C=O) groups is 1. The average Bonchev–Trinajstić information content (AvgIpc) is 3.32. The molecule has 0 unspecified atom stereocenters. The summed E-state index contributed by atoms with van der Waals surface area (Å²) in [5.74, 6) is -0.514. The van der Waals surface area contributed by atoms with E-state index in [1.165, 1.54) is 12.1 Å². The number of aryl methyl sites for hydroxylation is 1. The Bertz CT molecular complexity index is 1460. The second kappa shape index (κ2) is 12.2. The number of hydrogen-bond donors (Lipinski definition) is 1. The van der Waals surface area contributed by atoms with Gasteiger partial charge in [-0.2, -0.15) is 13.1 Å². The van der Waals surface area contributed by atoms with Crippen LogP contribution in [0.5, 0.6) is 5.75 Å². The van der Waals surface area contributed by atoms with Gasteiger partial charge in [-0.1, -0.05) is 60.2 Å². The van der Waals surface area contributed by atoms with Crippen LogP contribution < -0.4 is 10.1 Å². The van der Waals surface area contributed by atoms with Crippen molar-refractivity contribution in [2.75, 3.05) is 38.1 Å². The maximum Gasteiger partial charge on any atom is 0.387 e. The zero-order valence-corrected chi connectivity index (χ0v) is 23.5. The van der Waals surface area contributed by atoms with Crippen LogP contribution in [0.15, 0.2) is 83.8 Å². The summed E-state index contributed by atoms with van der Waals surface area (Å²) in [7, 11) is -3.83. The average molecular weight is 586 g/mol. The van der Waals surface area contributed by atoms with Crippen molar-refractivity contribution in [3.05, 3.63) is 90.0 Å². The molecule has 3 aromatic rings. The first-order valence-electron chi connectivity index (χ1n) is 13.5. The van der Waals surface area contributed by atoms with Gasteiger partial charge in [0.2, 0.25) is 15.9 Å². The Balaban J connectivity index is 1.30. The van der Waals surface area contributed by atoms with E-state index in [2.05, 4.69) is 10.1 Å². The molecule has 2 fully saturated rings. The number of halogens is 2. The van der Waals surface area contributed by atoms with E-state index in [-0.39, 0.29) is 36.0 Å². The minimum atomic E-state index is -3.83. The van der Waals surface area contributed by atoms with Gasteiger partial charge in [0.1, 0.15) is 5.75 Å². The van der Waals surface area contributed by atoms with Crippen LogP contribution in [0.3, 0.4) is 0 Å². The Hall–Kier alpha value is -3.38. The van der Waals surface area contributed by atoms with Crippen molar-refractivity contribution >= 4 is 21.6 Å². The highest BCUT2D eigenvalue weighted by molar-refractivity contribution is 7.89. The minimum Gasteiger partial charge on any atom is -0.433 e. The van der Waals surface area contributed by atoms with Crippen molar-refractivity contribution < 1.29 is 31.5 Å². The first kappa shape index (κ1) is 29.1. The molecule has 2 aliphatic rings. The molecule has 11 heteroatoms. The van der Waals surface area contributed by atoms with Gasteiger partial charge in [-0.05, 0) is 49.6 Å². The van der Waals surface area contributed by atoms with E-state index < -0.39 is 34.2 Å².